The van der Waals surface area contributed by atoms with Crippen LogP contribution in [0.5, 0.6) is 23.0 Å². The number of para-hydroxylation sites is 1. The first kappa shape index (κ1) is 22.0. The second kappa shape index (κ2) is 9.90. The number of hydrogen-bond acceptors (Lipinski definition) is 9. The number of carbonyl (C=O) groups is 1. The number of nitrogens with zero attached hydrogens (tertiary/aromatic N) is 2. The lowest BCUT2D eigenvalue weighted by atomic mass is 10.1. The molecule has 0 saturated heterocycles. The normalized spacial score (nSPS) is 11.2. The molecule has 0 spiro atoms. The van der Waals surface area contributed by atoms with E-state index < -0.39 is 5.97 Å². The van der Waals surface area contributed by atoms with Crippen molar-refractivity contribution in [2.24, 2.45) is 0 Å². The van der Waals surface area contributed by atoms with Gasteiger partial charge in [0.05, 0.1) is 28.4 Å². The molecule has 0 bridgehead atoms. The molecule has 0 radical (unpaired) electrons. The van der Waals surface area contributed by atoms with Crippen molar-refractivity contribution in [3.63, 3.8) is 0 Å². The molecule has 0 aliphatic carbocycles. The molecule has 0 saturated carbocycles. The number of carboxylic acids is 1. The highest BCUT2D eigenvalue weighted by atomic mass is 32.2. The Bertz CT molecular complexity index is 1090. The van der Waals surface area contributed by atoms with E-state index in [0.717, 1.165) is 11.8 Å². The van der Waals surface area contributed by atoms with Crippen LogP contribution in [0.4, 0.5) is 0 Å². The van der Waals surface area contributed by atoms with Crippen molar-refractivity contribution >= 4 is 23.8 Å². The number of carboxylic acid groups (broad SMARTS) is 1. The number of hydrogen-bond donors (Lipinski definition) is 1. The molecule has 0 aliphatic heterocycles. The van der Waals surface area contributed by atoms with Crippen LogP contribution in [0.25, 0.3) is 17.5 Å². The minimum Gasteiger partial charge on any atom is -0.497 e. The Morgan fingerprint density at radius 3 is 2.29 bits per heavy atom. The SMILES string of the molecule is COc1cc(OC)cc(-c2nnc(S/C(=C\c3cccc(OC)c3OC)C(=O)O)o2)c1. The van der Waals surface area contributed by atoms with E-state index in [1.54, 1.807) is 36.4 Å². The molecule has 10 heteroatoms. The maximum absolute atomic E-state index is 11.8. The molecule has 0 aliphatic rings. The van der Waals surface area contributed by atoms with Gasteiger partial charge >= 0.3 is 5.97 Å². The Labute approximate surface area is 182 Å². The summed E-state index contributed by atoms with van der Waals surface area (Å²) in [6, 6.07) is 10.3. The van der Waals surface area contributed by atoms with Crippen molar-refractivity contribution in [2.45, 2.75) is 5.22 Å². The van der Waals surface area contributed by atoms with Gasteiger partial charge in [-0.2, -0.15) is 0 Å². The van der Waals surface area contributed by atoms with Crippen LogP contribution in [0, 0.1) is 0 Å². The van der Waals surface area contributed by atoms with E-state index in [4.69, 9.17) is 23.4 Å². The highest BCUT2D eigenvalue weighted by Crippen LogP contribution is 2.36. The van der Waals surface area contributed by atoms with Crippen LogP contribution >= 0.6 is 11.8 Å². The van der Waals surface area contributed by atoms with Gasteiger partial charge in [0.1, 0.15) is 16.4 Å². The van der Waals surface area contributed by atoms with E-state index in [1.165, 1.54) is 34.5 Å². The molecule has 1 aromatic heterocycles. The smallest absolute Gasteiger partial charge is 0.342 e. The first-order chi connectivity index (χ1) is 15.0. The maximum atomic E-state index is 11.8. The molecule has 0 atom stereocenters. The molecule has 3 aromatic rings. The van der Waals surface area contributed by atoms with Gasteiger partial charge in [-0.1, -0.05) is 12.1 Å². The average molecular weight is 444 g/mol. The molecule has 0 unspecified atom stereocenters. The van der Waals surface area contributed by atoms with Crippen molar-refractivity contribution < 1.29 is 33.3 Å². The Kier molecular flexibility index (Phi) is 7.03. The van der Waals surface area contributed by atoms with Crippen molar-refractivity contribution in [3.8, 4) is 34.5 Å². The van der Waals surface area contributed by atoms with E-state index in [0.29, 0.717) is 34.1 Å². The lowest BCUT2D eigenvalue weighted by Crippen LogP contribution is -1.98. The third-order valence-electron chi connectivity index (χ3n) is 4.13. The highest BCUT2D eigenvalue weighted by molar-refractivity contribution is 8.03. The molecule has 162 valence electrons. The van der Waals surface area contributed by atoms with Crippen LogP contribution < -0.4 is 18.9 Å². The zero-order chi connectivity index (χ0) is 22.4. The number of aromatic nitrogens is 2. The van der Waals surface area contributed by atoms with E-state index >= 15 is 0 Å². The van der Waals surface area contributed by atoms with Crippen molar-refractivity contribution in [1.29, 1.82) is 0 Å². The summed E-state index contributed by atoms with van der Waals surface area (Å²) in [6.45, 7) is 0. The van der Waals surface area contributed by atoms with E-state index in [2.05, 4.69) is 10.2 Å². The highest BCUT2D eigenvalue weighted by Gasteiger charge is 2.18. The number of methoxy groups -OCH3 is 4. The zero-order valence-corrected chi connectivity index (χ0v) is 18.1. The van der Waals surface area contributed by atoms with Crippen LogP contribution in [0.1, 0.15) is 5.56 Å². The van der Waals surface area contributed by atoms with Gasteiger partial charge in [0.25, 0.3) is 5.22 Å². The summed E-state index contributed by atoms with van der Waals surface area (Å²) >= 11 is 0.822. The van der Waals surface area contributed by atoms with E-state index in [9.17, 15) is 9.90 Å². The van der Waals surface area contributed by atoms with E-state index in [1.807, 2.05) is 0 Å². The van der Waals surface area contributed by atoms with Gasteiger partial charge in [-0.05, 0) is 36.0 Å². The third kappa shape index (κ3) is 5.10. The van der Waals surface area contributed by atoms with Gasteiger partial charge in [0.2, 0.25) is 5.89 Å². The minimum absolute atomic E-state index is 0.0371. The summed E-state index contributed by atoms with van der Waals surface area (Å²) in [6.07, 6.45) is 1.45. The fraction of sp³-hybridized carbons (Fsp3) is 0.190. The Hall–Kier alpha value is -3.66. The molecule has 0 amide bonds. The molecular weight excluding hydrogens is 424 g/mol. The largest absolute Gasteiger partial charge is 0.497 e. The topological polar surface area (TPSA) is 113 Å². The van der Waals surface area contributed by atoms with Gasteiger partial charge in [-0.15, -0.1) is 10.2 Å². The zero-order valence-electron chi connectivity index (χ0n) is 17.2. The maximum Gasteiger partial charge on any atom is 0.342 e. The van der Waals surface area contributed by atoms with Crippen molar-refractivity contribution in [2.75, 3.05) is 28.4 Å². The molecular formula is C21H20N2O7S. The summed E-state index contributed by atoms with van der Waals surface area (Å²) in [5.41, 5.74) is 1.11. The van der Waals surface area contributed by atoms with Crippen LogP contribution in [0.15, 0.2) is 50.9 Å². The number of aliphatic carboxylic acids is 1. The van der Waals surface area contributed by atoms with Gasteiger partial charge in [0, 0.05) is 17.2 Å². The number of rotatable bonds is 9. The predicted molar refractivity (Wildman–Crippen MR) is 114 cm³/mol. The first-order valence-corrected chi connectivity index (χ1v) is 9.71. The average Bonchev–Trinajstić information content (AvgIpc) is 3.26. The summed E-state index contributed by atoms with van der Waals surface area (Å²) in [4.78, 5) is 11.8. The number of ether oxygens (including phenoxy) is 4. The van der Waals surface area contributed by atoms with E-state index in [-0.39, 0.29) is 16.0 Å². The second-order valence-corrected chi connectivity index (χ2v) is 6.97. The third-order valence-corrected chi connectivity index (χ3v) is 4.98. The molecule has 3 rings (SSSR count). The predicted octanol–water partition coefficient (Wildman–Crippen LogP) is 3.99. The standard InChI is InChI=1S/C21H20N2O7S/c1-26-14-8-13(9-15(11-14)27-2)19-22-23-21(30-19)31-17(20(24)25)10-12-6-5-7-16(28-3)18(12)29-4/h5-11H,1-4H3,(H,24,25)/b17-10-. The van der Waals surface area contributed by atoms with Crippen LogP contribution in [0.3, 0.4) is 0 Å². The fourth-order valence-corrected chi connectivity index (χ4v) is 3.36. The lowest BCUT2D eigenvalue weighted by molar-refractivity contribution is -0.131. The molecule has 2 aromatic carbocycles. The Morgan fingerprint density at radius 1 is 1.00 bits per heavy atom. The Morgan fingerprint density at radius 2 is 1.71 bits per heavy atom. The number of benzene rings is 2. The molecule has 1 N–H and O–H groups in total. The molecule has 1 heterocycles. The van der Waals surface area contributed by atoms with Crippen molar-refractivity contribution in [3.05, 3.63) is 46.9 Å². The summed E-state index contributed by atoms with van der Waals surface area (Å²) in [5.74, 6) is 1.05. The van der Waals surface area contributed by atoms with Crippen LogP contribution in [0.2, 0.25) is 0 Å². The first-order valence-electron chi connectivity index (χ1n) is 8.89. The molecule has 0 fully saturated rings. The quantitative estimate of drug-likeness (QED) is 0.384. The summed E-state index contributed by atoms with van der Waals surface area (Å²) in [5, 5.41) is 17.7. The summed E-state index contributed by atoms with van der Waals surface area (Å²) < 4.78 is 26.8. The monoisotopic (exact) mass is 444 g/mol. The molecule has 9 nitrogen and oxygen atoms in total. The van der Waals surface area contributed by atoms with Crippen LogP contribution in [-0.4, -0.2) is 49.7 Å². The fourth-order valence-electron chi connectivity index (χ4n) is 2.69. The minimum atomic E-state index is -1.15. The summed E-state index contributed by atoms with van der Waals surface area (Å²) in [7, 11) is 6.05. The van der Waals surface area contributed by atoms with Gasteiger partial charge in [-0.25, -0.2) is 4.79 Å². The molecule has 31 heavy (non-hydrogen) atoms. The second-order valence-electron chi connectivity index (χ2n) is 5.97. The number of thioether (sulfide) groups is 1. The van der Waals surface area contributed by atoms with Crippen molar-refractivity contribution in [1.82, 2.24) is 10.2 Å². The van der Waals surface area contributed by atoms with Gasteiger partial charge in [-0.3, -0.25) is 0 Å². The van der Waals surface area contributed by atoms with Gasteiger partial charge in [0.15, 0.2) is 11.5 Å². The lowest BCUT2D eigenvalue weighted by Gasteiger charge is -2.10. The van der Waals surface area contributed by atoms with Crippen LogP contribution in [-0.2, 0) is 4.79 Å². The Balaban J connectivity index is 1.92. The van der Waals surface area contributed by atoms with Gasteiger partial charge < -0.3 is 28.5 Å².